The highest BCUT2D eigenvalue weighted by Gasteiger charge is 2.28. The summed E-state index contributed by atoms with van der Waals surface area (Å²) < 4.78 is 10.1. The van der Waals surface area contributed by atoms with Crippen molar-refractivity contribution in [3.63, 3.8) is 0 Å². The minimum Gasteiger partial charge on any atom is -0.484 e. The molecule has 27 heavy (non-hydrogen) atoms. The van der Waals surface area contributed by atoms with E-state index in [1.54, 1.807) is 0 Å². The normalized spacial score (nSPS) is 14.3. The molecule has 1 aromatic carbocycles. The topological polar surface area (TPSA) is 116 Å². The molecule has 0 bridgehead atoms. The second kappa shape index (κ2) is 9.65. The molecule has 1 aliphatic rings. The molecule has 1 amide bonds. The zero-order chi connectivity index (χ0) is 19.8. The number of methoxy groups -OCH3 is 1. The number of rotatable bonds is 8. The van der Waals surface area contributed by atoms with Crippen LogP contribution in [0.4, 0.5) is 5.69 Å². The largest absolute Gasteiger partial charge is 0.484 e. The van der Waals surface area contributed by atoms with E-state index in [2.05, 4.69) is 4.74 Å². The first-order valence-corrected chi connectivity index (χ1v) is 8.69. The summed E-state index contributed by atoms with van der Waals surface area (Å²) in [4.78, 5) is 46.9. The van der Waals surface area contributed by atoms with Crippen molar-refractivity contribution in [2.24, 2.45) is 0 Å². The average Bonchev–Trinajstić information content (AvgIpc) is 2.70. The van der Waals surface area contributed by atoms with Gasteiger partial charge in [0, 0.05) is 6.04 Å². The molecule has 9 heteroatoms. The Bertz CT molecular complexity index is 714. The fraction of sp³-hybridized carbons (Fsp3) is 0.500. The van der Waals surface area contributed by atoms with Crippen molar-refractivity contribution in [1.29, 1.82) is 0 Å². The summed E-state index contributed by atoms with van der Waals surface area (Å²) >= 11 is 0. The van der Waals surface area contributed by atoms with Crippen molar-refractivity contribution in [3.05, 3.63) is 33.9 Å². The SMILES string of the molecule is COC(=O)CN(C(=O)COc1ccc(C=O)c([N+](=O)[O-])c1)C1CCCCC1. The lowest BCUT2D eigenvalue weighted by Gasteiger charge is -2.33. The summed E-state index contributed by atoms with van der Waals surface area (Å²) in [6, 6.07) is 3.69. The Hall–Kier alpha value is -2.97. The number of esters is 1. The van der Waals surface area contributed by atoms with Crippen molar-refractivity contribution >= 4 is 23.9 Å². The molecular formula is C18H22N2O7. The lowest BCUT2D eigenvalue weighted by molar-refractivity contribution is -0.385. The van der Waals surface area contributed by atoms with Gasteiger partial charge in [-0.15, -0.1) is 0 Å². The fourth-order valence-corrected chi connectivity index (χ4v) is 3.12. The zero-order valence-corrected chi connectivity index (χ0v) is 15.1. The number of nitrogens with zero attached hydrogens (tertiary/aromatic N) is 2. The van der Waals surface area contributed by atoms with Gasteiger partial charge in [0.15, 0.2) is 12.9 Å². The van der Waals surface area contributed by atoms with Gasteiger partial charge in [-0.2, -0.15) is 0 Å². The third-order valence-corrected chi connectivity index (χ3v) is 4.55. The van der Waals surface area contributed by atoms with Crippen molar-refractivity contribution in [2.75, 3.05) is 20.3 Å². The summed E-state index contributed by atoms with van der Waals surface area (Å²) in [5, 5.41) is 11.0. The maximum atomic E-state index is 12.6. The van der Waals surface area contributed by atoms with E-state index in [-0.39, 0.29) is 30.5 Å². The predicted octanol–water partition coefficient (Wildman–Crippen LogP) is 2.12. The van der Waals surface area contributed by atoms with Gasteiger partial charge >= 0.3 is 5.97 Å². The Balaban J connectivity index is 2.08. The summed E-state index contributed by atoms with van der Waals surface area (Å²) in [7, 11) is 1.26. The highest BCUT2D eigenvalue weighted by atomic mass is 16.6. The van der Waals surface area contributed by atoms with Gasteiger partial charge in [0.25, 0.3) is 11.6 Å². The molecule has 9 nitrogen and oxygen atoms in total. The molecule has 0 atom stereocenters. The zero-order valence-electron chi connectivity index (χ0n) is 15.1. The molecule has 0 N–H and O–H groups in total. The minimum absolute atomic E-state index is 0.0549. The summed E-state index contributed by atoms with van der Waals surface area (Å²) in [6.45, 7) is -0.529. The van der Waals surface area contributed by atoms with Crippen LogP contribution in [0.25, 0.3) is 0 Å². The monoisotopic (exact) mass is 378 g/mol. The number of ether oxygens (including phenoxy) is 2. The van der Waals surface area contributed by atoms with E-state index in [1.165, 1.54) is 24.1 Å². The average molecular weight is 378 g/mol. The molecule has 0 spiro atoms. The first kappa shape index (κ1) is 20.3. The number of hydrogen-bond donors (Lipinski definition) is 0. The molecule has 0 saturated heterocycles. The Morgan fingerprint density at radius 1 is 1.30 bits per heavy atom. The standard InChI is InChI=1S/C18H22N2O7/c1-26-18(23)10-19(14-5-3-2-4-6-14)17(22)12-27-15-8-7-13(11-21)16(9-15)20(24)25/h7-9,11,14H,2-6,10,12H2,1H3. The van der Waals surface area contributed by atoms with E-state index >= 15 is 0 Å². The number of nitro benzene ring substituents is 1. The molecule has 0 heterocycles. The molecular weight excluding hydrogens is 356 g/mol. The number of carbonyl (C=O) groups is 3. The third-order valence-electron chi connectivity index (χ3n) is 4.55. The van der Waals surface area contributed by atoms with E-state index in [0.29, 0.717) is 6.29 Å². The molecule has 1 aromatic rings. The van der Waals surface area contributed by atoms with E-state index in [4.69, 9.17) is 4.74 Å². The maximum absolute atomic E-state index is 12.6. The van der Waals surface area contributed by atoms with E-state index in [1.807, 2.05) is 0 Å². The van der Waals surface area contributed by atoms with Crippen LogP contribution in [0.5, 0.6) is 5.75 Å². The van der Waals surface area contributed by atoms with Gasteiger partial charge in [0.1, 0.15) is 12.3 Å². The number of aldehydes is 1. The van der Waals surface area contributed by atoms with Gasteiger partial charge in [0.2, 0.25) is 0 Å². The highest BCUT2D eigenvalue weighted by molar-refractivity contribution is 5.84. The molecule has 1 saturated carbocycles. The molecule has 0 aliphatic heterocycles. The highest BCUT2D eigenvalue weighted by Crippen LogP contribution is 2.25. The van der Waals surface area contributed by atoms with Crippen LogP contribution >= 0.6 is 0 Å². The van der Waals surface area contributed by atoms with E-state index in [0.717, 1.165) is 38.2 Å². The Morgan fingerprint density at radius 3 is 2.59 bits per heavy atom. The number of nitro groups is 1. The van der Waals surface area contributed by atoms with Gasteiger partial charge in [0.05, 0.1) is 23.7 Å². The van der Waals surface area contributed by atoms with Crippen molar-refractivity contribution in [2.45, 2.75) is 38.1 Å². The van der Waals surface area contributed by atoms with E-state index < -0.39 is 22.5 Å². The van der Waals surface area contributed by atoms with Crippen LogP contribution in [0, 0.1) is 10.1 Å². The number of carbonyl (C=O) groups excluding carboxylic acids is 3. The van der Waals surface area contributed by atoms with Crippen LogP contribution in [-0.2, 0) is 14.3 Å². The van der Waals surface area contributed by atoms with Crippen LogP contribution in [0.1, 0.15) is 42.5 Å². The van der Waals surface area contributed by atoms with Crippen molar-refractivity contribution in [3.8, 4) is 5.75 Å². The second-order valence-corrected chi connectivity index (χ2v) is 6.27. The van der Waals surface area contributed by atoms with Crippen molar-refractivity contribution < 1.29 is 28.8 Å². The molecule has 0 radical (unpaired) electrons. The Kier molecular flexibility index (Phi) is 7.27. The number of hydrogen-bond acceptors (Lipinski definition) is 7. The Labute approximate surface area is 156 Å². The molecule has 0 aromatic heterocycles. The first-order chi connectivity index (χ1) is 13.0. The first-order valence-electron chi connectivity index (χ1n) is 8.69. The summed E-state index contributed by atoms with van der Waals surface area (Å²) in [5.74, 6) is -0.809. The quantitative estimate of drug-likeness (QED) is 0.294. The van der Waals surface area contributed by atoms with Gasteiger partial charge in [-0.25, -0.2) is 0 Å². The molecule has 2 rings (SSSR count). The molecule has 1 aliphatic carbocycles. The molecule has 1 fully saturated rings. The van der Waals surface area contributed by atoms with Gasteiger partial charge < -0.3 is 14.4 Å². The summed E-state index contributed by atoms with van der Waals surface area (Å²) in [5.41, 5.74) is -0.471. The van der Waals surface area contributed by atoms with Crippen molar-refractivity contribution in [1.82, 2.24) is 4.90 Å². The summed E-state index contributed by atoms with van der Waals surface area (Å²) in [6.07, 6.45) is 5.06. The van der Waals surface area contributed by atoms with E-state index in [9.17, 15) is 24.5 Å². The maximum Gasteiger partial charge on any atom is 0.325 e. The predicted molar refractivity (Wildman–Crippen MR) is 94.6 cm³/mol. The van der Waals surface area contributed by atoms with Crippen LogP contribution < -0.4 is 4.74 Å². The van der Waals surface area contributed by atoms with Gasteiger partial charge in [-0.3, -0.25) is 24.5 Å². The van der Waals surface area contributed by atoms with Crippen LogP contribution in [-0.4, -0.2) is 54.3 Å². The lowest BCUT2D eigenvalue weighted by Crippen LogP contribution is -2.46. The fourth-order valence-electron chi connectivity index (χ4n) is 3.12. The van der Waals surface area contributed by atoms with Crippen LogP contribution in [0.3, 0.4) is 0 Å². The van der Waals surface area contributed by atoms with Crippen LogP contribution in [0.15, 0.2) is 18.2 Å². The molecule has 146 valence electrons. The van der Waals surface area contributed by atoms with Gasteiger partial charge in [-0.1, -0.05) is 19.3 Å². The Morgan fingerprint density at radius 2 is 2.00 bits per heavy atom. The van der Waals surface area contributed by atoms with Crippen LogP contribution in [0.2, 0.25) is 0 Å². The third kappa shape index (κ3) is 5.50. The smallest absolute Gasteiger partial charge is 0.325 e. The minimum atomic E-state index is -0.690. The number of benzene rings is 1. The second-order valence-electron chi connectivity index (χ2n) is 6.27. The lowest BCUT2D eigenvalue weighted by atomic mass is 9.94. The number of amides is 1. The molecule has 0 unspecified atom stereocenters. The van der Waals surface area contributed by atoms with Gasteiger partial charge in [-0.05, 0) is 25.0 Å².